The lowest BCUT2D eigenvalue weighted by molar-refractivity contribution is -0.123. The van der Waals surface area contributed by atoms with E-state index in [0.717, 1.165) is 6.08 Å². The van der Waals surface area contributed by atoms with Crippen LogP contribution in [0.15, 0.2) is 30.3 Å². The number of aromatic carboxylic acids is 1. The Morgan fingerprint density at radius 2 is 2.00 bits per heavy atom. The average molecular weight is 217 g/mol. The molecule has 80 valence electrons. The van der Waals surface area contributed by atoms with Gasteiger partial charge in [0, 0.05) is 6.08 Å². The quantitative estimate of drug-likeness (QED) is 0.703. The van der Waals surface area contributed by atoms with Crippen LogP contribution in [0.3, 0.4) is 0 Å². The molecule has 1 aromatic carbocycles. The number of carbonyl (C=O) groups is 3. The summed E-state index contributed by atoms with van der Waals surface area (Å²) in [6.45, 7) is 0. The molecular formula is C11H7NO4. The summed E-state index contributed by atoms with van der Waals surface area (Å²) in [7, 11) is 0. The second-order valence-corrected chi connectivity index (χ2v) is 3.26. The Kier molecular flexibility index (Phi) is 2.28. The van der Waals surface area contributed by atoms with E-state index in [-0.39, 0.29) is 11.1 Å². The van der Waals surface area contributed by atoms with Gasteiger partial charge in [0.1, 0.15) is 0 Å². The molecule has 0 aromatic heterocycles. The molecule has 16 heavy (non-hydrogen) atoms. The van der Waals surface area contributed by atoms with Gasteiger partial charge in [-0.2, -0.15) is 0 Å². The standard InChI is InChI=1S/C11H7NO4/c13-9-5-8(10(14)12-9)6-2-1-3-7(4-6)11(15)16/h1-5H,(H,15,16)(H,12,13,14). The van der Waals surface area contributed by atoms with Crippen molar-refractivity contribution in [2.75, 3.05) is 0 Å². The molecule has 0 fully saturated rings. The normalized spacial score (nSPS) is 14.6. The summed E-state index contributed by atoms with van der Waals surface area (Å²) < 4.78 is 0. The van der Waals surface area contributed by atoms with Crippen molar-refractivity contribution >= 4 is 23.4 Å². The molecule has 2 N–H and O–H groups in total. The van der Waals surface area contributed by atoms with Crippen molar-refractivity contribution in [2.24, 2.45) is 0 Å². The molecule has 0 aliphatic carbocycles. The van der Waals surface area contributed by atoms with Crippen molar-refractivity contribution in [3.05, 3.63) is 41.5 Å². The second kappa shape index (κ2) is 3.62. The average Bonchev–Trinajstić information content (AvgIpc) is 2.58. The Balaban J connectivity index is 2.45. The Bertz CT molecular complexity index is 531. The van der Waals surface area contributed by atoms with Gasteiger partial charge in [0.15, 0.2) is 0 Å². The molecule has 0 atom stereocenters. The predicted octanol–water partition coefficient (Wildman–Crippen LogP) is 0.425. The Labute approximate surface area is 90.4 Å². The van der Waals surface area contributed by atoms with Gasteiger partial charge in [-0.1, -0.05) is 12.1 Å². The lowest BCUT2D eigenvalue weighted by Crippen LogP contribution is -2.21. The molecule has 1 aliphatic heterocycles. The molecule has 0 bridgehead atoms. The van der Waals surface area contributed by atoms with Gasteiger partial charge in [-0.25, -0.2) is 4.79 Å². The smallest absolute Gasteiger partial charge is 0.335 e. The van der Waals surface area contributed by atoms with Gasteiger partial charge in [0.05, 0.1) is 11.1 Å². The number of benzene rings is 1. The molecule has 0 unspecified atom stereocenters. The highest BCUT2D eigenvalue weighted by molar-refractivity contribution is 6.33. The maximum Gasteiger partial charge on any atom is 0.335 e. The number of carboxylic acid groups (broad SMARTS) is 1. The first kappa shape index (κ1) is 10.1. The molecule has 1 aliphatic rings. The number of nitrogens with one attached hydrogen (secondary N) is 1. The fourth-order valence-electron chi connectivity index (χ4n) is 1.45. The van der Waals surface area contributed by atoms with Crippen LogP contribution in [-0.2, 0) is 9.59 Å². The third kappa shape index (κ3) is 1.70. The maximum atomic E-state index is 11.3. The highest BCUT2D eigenvalue weighted by Crippen LogP contribution is 2.19. The summed E-state index contributed by atoms with van der Waals surface area (Å²) in [6.07, 6.45) is 1.16. The number of carbonyl (C=O) groups excluding carboxylic acids is 2. The van der Waals surface area contributed by atoms with Gasteiger partial charge < -0.3 is 5.11 Å². The van der Waals surface area contributed by atoms with Gasteiger partial charge in [0.2, 0.25) is 0 Å². The molecule has 0 saturated heterocycles. The number of imide groups is 1. The predicted molar refractivity (Wildman–Crippen MR) is 54.5 cm³/mol. The van der Waals surface area contributed by atoms with E-state index in [1.165, 1.54) is 18.2 Å². The lowest BCUT2D eigenvalue weighted by Gasteiger charge is -2.01. The summed E-state index contributed by atoms with van der Waals surface area (Å²) in [5.41, 5.74) is 0.682. The molecule has 5 heteroatoms. The first-order valence-corrected chi connectivity index (χ1v) is 4.48. The van der Waals surface area contributed by atoms with Crippen LogP contribution in [-0.4, -0.2) is 22.9 Å². The number of rotatable bonds is 2. The van der Waals surface area contributed by atoms with Crippen molar-refractivity contribution in [1.29, 1.82) is 0 Å². The fourth-order valence-corrected chi connectivity index (χ4v) is 1.45. The highest BCUT2D eigenvalue weighted by Gasteiger charge is 2.22. The van der Waals surface area contributed by atoms with Gasteiger partial charge in [-0.05, 0) is 17.7 Å². The number of amides is 2. The van der Waals surface area contributed by atoms with Crippen LogP contribution in [0.1, 0.15) is 15.9 Å². The third-order valence-electron chi connectivity index (χ3n) is 2.18. The zero-order chi connectivity index (χ0) is 11.7. The van der Waals surface area contributed by atoms with Gasteiger partial charge in [-0.15, -0.1) is 0 Å². The summed E-state index contributed by atoms with van der Waals surface area (Å²) in [5, 5.41) is 10.9. The molecule has 2 rings (SSSR count). The van der Waals surface area contributed by atoms with E-state index in [9.17, 15) is 14.4 Å². The van der Waals surface area contributed by atoms with E-state index in [4.69, 9.17) is 5.11 Å². The maximum absolute atomic E-state index is 11.3. The first-order chi connectivity index (χ1) is 7.58. The van der Waals surface area contributed by atoms with E-state index in [1.54, 1.807) is 6.07 Å². The van der Waals surface area contributed by atoms with Gasteiger partial charge >= 0.3 is 5.97 Å². The van der Waals surface area contributed by atoms with Crippen molar-refractivity contribution < 1.29 is 19.5 Å². The minimum absolute atomic E-state index is 0.0746. The molecule has 1 aromatic rings. The Hall–Kier alpha value is -2.43. The summed E-state index contributed by atoms with van der Waals surface area (Å²) >= 11 is 0. The zero-order valence-corrected chi connectivity index (χ0v) is 8.06. The van der Waals surface area contributed by atoms with E-state index in [0.29, 0.717) is 5.56 Å². The summed E-state index contributed by atoms with van der Waals surface area (Å²) in [6, 6.07) is 5.87. The number of hydrogen-bond donors (Lipinski definition) is 2. The molecule has 2 amide bonds. The monoisotopic (exact) mass is 217 g/mol. The number of carboxylic acids is 1. The van der Waals surface area contributed by atoms with Gasteiger partial charge in [-0.3, -0.25) is 14.9 Å². The SMILES string of the molecule is O=C1C=C(c2cccc(C(=O)O)c2)C(=O)N1. The topological polar surface area (TPSA) is 83.5 Å². The fraction of sp³-hybridized carbons (Fsp3) is 0. The molecule has 0 radical (unpaired) electrons. The molecule has 0 saturated carbocycles. The summed E-state index contributed by atoms with van der Waals surface area (Å²) in [5.74, 6) is -2.07. The minimum atomic E-state index is -1.08. The van der Waals surface area contributed by atoms with Gasteiger partial charge in [0.25, 0.3) is 11.8 Å². The van der Waals surface area contributed by atoms with E-state index in [1.807, 2.05) is 0 Å². The van der Waals surface area contributed by atoms with Crippen LogP contribution in [0.25, 0.3) is 5.57 Å². The van der Waals surface area contributed by atoms with Crippen LogP contribution >= 0.6 is 0 Å². The van der Waals surface area contributed by atoms with E-state index < -0.39 is 17.8 Å². The third-order valence-corrected chi connectivity index (χ3v) is 2.18. The molecular weight excluding hydrogens is 210 g/mol. The lowest BCUT2D eigenvalue weighted by atomic mass is 10.0. The largest absolute Gasteiger partial charge is 0.478 e. The Morgan fingerprint density at radius 3 is 2.56 bits per heavy atom. The molecule has 0 spiro atoms. The van der Waals surface area contributed by atoms with Crippen molar-refractivity contribution in [2.45, 2.75) is 0 Å². The summed E-state index contributed by atoms with van der Waals surface area (Å²) in [4.78, 5) is 33.0. The number of hydrogen-bond acceptors (Lipinski definition) is 3. The van der Waals surface area contributed by atoms with E-state index >= 15 is 0 Å². The van der Waals surface area contributed by atoms with Crippen LogP contribution < -0.4 is 5.32 Å². The van der Waals surface area contributed by atoms with Crippen LogP contribution in [0.4, 0.5) is 0 Å². The van der Waals surface area contributed by atoms with Crippen molar-refractivity contribution in [1.82, 2.24) is 5.32 Å². The highest BCUT2D eigenvalue weighted by atomic mass is 16.4. The second-order valence-electron chi connectivity index (χ2n) is 3.26. The van der Waals surface area contributed by atoms with Crippen molar-refractivity contribution in [3.63, 3.8) is 0 Å². The van der Waals surface area contributed by atoms with Crippen LogP contribution in [0, 0.1) is 0 Å². The van der Waals surface area contributed by atoms with E-state index in [2.05, 4.69) is 5.32 Å². The Morgan fingerprint density at radius 1 is 1.25 bits per heavy atom. The van der Waals surface area contributed by atoms with Crippen molar-refractivity contribution in [3.8, 4) is 0 Å². The molecule has 5 nitrogen and oxygen atoms in total. The molecule has 1 heterocycles. The first-order valence-electron chi connectivity index (χ1n) is 4.48. The minimum Gasteiger partial charge on any atom is -0.478 e. The van der Waals surface area contributed by atoms with Crippen LogP contribution in [0.2, 0.25) is 0 Å². The zero-order valence-electron chi connectivity index (χ0n) is 8.06. The van der Waals surface area contributed by atoms with Crippen LogP contribution in [0.5, 0.6) is 0 Å².